The van der Waals surface area contributed by atoms with Crippen molar-refractivity contribution in [3.8, 4) is 0 Å². The summed E-state index contributed by atoms with van der Waals surface area (Å²) in [6.45, 7) is 6.11. The van der Waals surface area contributed by atoms with Crippen molar-refractivity contribution >= 4 is 11.9 Å². The molecule has 0 saturated carbocycles. The van der Waals surface area contributed by atoms with Crippen molar-refractivity contribution in [2.75, 3.05) is 0 Å². The molecule has 4 N–H and O–H groups in total. The Hall–Kier alpha value is -1.92. The molecule has 0 fully saturated rings. The number of carbonyl (C=O) groups is 2. The number of aliphatic carboxylic acids is 1. The number of amides is 1. The minimum absolute atomic E-state index is 0.221. The van der Waals surface area contributed by atoms with Crippen molar-refractivity contribution in [3.63, 3.8) is 0 Å². The molecule has 122 valence electrons. The van der Waals surface area contributed by atoms with E-state index in [9.17, 15) is 14.7 Å². The van der Waals surface area contributed by atoms with Crippen LogP contribution in [0.4, 0.5) is 0 Å². The summed E-state index contributed by atoms with van der Waals surface area (Å²) >= 11 is 0. The topological polar surface area (TPSA) is 98.7 Å². The van der Waals surface area contributed by atoms with Crippen molar-refractivity contribution in [3.05, 3.63) is 35.4 Å². The molecule has 0 unspecified atom stereocenters. The lowest BCUT2D eigenvalue weighted by Crippen LogP contribution is -2.46. The van der Waals surface area contributed by atoms with E-state index in [-0.39, 0.29) is 11.8 Å². The van der Waals surface area contributed by atoms with Crippen LogP contribution >= 0.6 is 0 Å². The number of carboxylic acid groups (broad SMARTS) is 1. The Kier molecular flexibility index (Phi) is 6.52. The molecule has 0 heterocycles. The molecule has 0 bridgehead atoms. The molecule has 1 aromatic rings. The molecule has 1 atom stereocenters. The zero-order chi connectivity index (χ0) is 16.8. The Balaban J connectivity index is 2.57. The highest BCUT2D eigenvalue weighted by molar-refractivity contribution is 5.75. The lowest BCUT2D eigenvalue weighted by Gasteiger charge is -2.28. The van der Waals surface area contributed by atoms with Gasteiger partial charge < -0.3 is 5.11 Å². The van der Waals surface area contributed by atoms with E-state index in [4.69, 9.17) is 5.21 Å². The van der Waals surface area contributed by atoms with E-state index >= 15 is 0 Å². The summed E-state index contributed by atoms with van der Waals surface area (Å²) in [6, 6.07) is 6.98. The molecule has 22 heavy (non-hydrogen) atoms. The smallest absolute Gasteiger partial charge is 0.321 e. The van der Waals surface area contributed by atoms with Gasteiger partial charge in [-0.1, -0.05) is 45.0 Å². The number of carboxylic acids is 1. The lowest BCUT2D eigenvalue weighted by molar-refractivity contribution is -0.142. The van der Waals surface area contributed by atoms with Crippen LogP contribution in [0.1, 0.15) is 38.3 Å². The van der Waals surface area contributed by atoms with Gasteiger partial charge in [0, 0.05) is 13.0 Å². The van der Waals surface area contributed by atoms with Crippen molar-refractivity contribution in [1.29, 1.82) is 0 Å². The molecule has 1 aromatic carbocycles. The summed E-state index contributed by atoms with van der Waals surface area (Å²) in [4.78, 5) is 22.2. The van der Waals surface area contributed by atoms with Crippen molar-refractivity contribution < 1.29 is 19.9 Å². The van der Waals surface area contributed by atoms with E-state index < -0.39 is 17.9 Å². The van der Waals surface area contributed by atoms with E-state index in [2.05, 4.69) is 5.32 Å². The molecule has 1 rings (SSSR count). The van der Waals surface area contributed by atoms with E-state index in [1.165, 1.54) is 0 Å². The van der Waals surface area contributed by atoms with Crippen LogP contribution in [-0.2, 0) is 22.6 Å². The molecule has 0 aromatic heterocycles. The van der Waals surface area contributed by atoms with Crippen LogP contribution in [0.3, 0.4) is 0 Å². The molecule has 0 aliphatic rings. The van der Waals surface area contributed by atoms with Crippen LogP contribution < -0.4 is 10.8 Å². The summed E-state index contributed by atoms with van der Waals surface area (Å²) in [5, 5.41) is 20.7. The number of hydrogen-bond donors (Lipinski definition) is 4. The first-order valence-corrected chi connectivity index (χ1v) is 7.21. The number of hydroxylamine groups is 1. The van der Waals surface area contributed by atoms with Crippen LogP contribution in [-0.4, -0.2) is 28.2 Å². The highest BCUT2D eigenvalue weighted by Gasteiger charge is 2.30. The fourth-order valence-electron chi connectivity index (χ4n) is 2.12. The molecule has 0 spiro atoms. The van der Waals surface area contributed by atoms with Gasteiger partial charge in [0.25, 0.3) is 0 Å². The van der Waals surface area contributed by atoms with Gasteiger partial charge in [0.2, 0.25) is 5.91 Å². The van der Waals surface area contributed by atoms with Gasteiger partial charge in [0.05, 0.1) is 0 Å². The van der Waals surface area contributed by atoms with E-state index in [1.54, 1.807) is 5.48 Å². The van der Waals surface area contributed by atoms with Crippen molar-refractivity contribution in [2.24, 2.45) is 5.41 Å². The highest BCUT2D eigenvalue weighted by Crippen LogP contribution is 2.20. The maximum Gasteiger partial charge on any atom is 0.321 e. The van der Waals surface area contributed by atoms with E-state index in [1.807, 2.05) is 45.0 Å². The normalized spacial score (nSPS) is 12.7. The summed E-state index contributed by atoms with van der Waals surface area (Å²) < 4.78 is 0. The lowest BCUT2D eigenvalue weighted by atomic mass is 9.86. The average Bonchev–Trinajstić information content (AvgIpc) is 2.44. The number of benzene rings is 1. The third kappa shape index (κ3) is 5.83. The molecule has 0 radical (unpaired) electrons. The van der Waals surface area contributed by atoms with Crippen LogP contribution in [0.15, 0.2) is 24.3 Å². The third-order valence-electron chi connectivity index (χ3n) is 3.41. The zero-order valence-electron chi connectivity index (χ0n) is 13.2. The van der Waals surface area contributed by atoms with Crippen LogP contribution in [0.25, 0.3) is 0 Å². The SMILES string of the molecule is CC(C)(C)[C@H](NCc1ccc(CCC(=O)NO)cc1)C(=O)O. The van der Waals surface area contributed by atoms with Gasteiger partial charge in [-0.05, 0) is 23.0 Å². The van der Waals surface area contributed by atoms with Gasteiger partial charge in [-0.3, -0.25) is 20.1 Å². The zero-order valence-corrected chi connectivity index (χ0v) is 13.2. The Bertz CT molecular complexity index is 506. The number of aryl methyl sites for hydroxylation is 1. The second-order valence-corrected chi connectivity index (χ2v) is 6.37. The molecule has 0 aliphatic heterocycles. The monoisotopic (exact) mass is 308 g/mol. The highest BCUT2D eigenvalue weighted by atomic mass is 16.5. The summed E-state index contributed by atoms with van der Waals surface area (Å²) in [6.07, 6.45) is 0.763. The van der Waals surface area contributed by atoms with Gasteiger partial charge in [0.1, 0.15) is 6.04 Å². The van der Waals surface area contributed by atoms with Crippen LogP contribution in [0, 0.1) is 5.41 Å². The van der Waals surface area contributed by atoms with Gasteiger partial charge in [0.15, 0.2) is 0 Å². The second-order valence-electron chi connectivity index (χ2n) is 6.37. The summed E-state index contributed by atoms with van der Waals surface area (Å²) in [5.41, 5.74) is 3.19. The predicted octanol–water partition coefficient (Wildman–Crippen LogP) is 1.71. The fourth-order valence-corrected chi connectivity index (χ4v) is 2.12. The van der Waals surface area contributed by atoms with Gasteiger partial charge in [-0.15, -0.1) is 0 Å². The number of rotatable bonds is 7. The van der Waals surface area contributed by atoms with Gasteiger partial charge in [-0.2, -0.15) is 0 Å². The van der Waals surface area contributed by atoms with E-state index in [0.29, 0.717) is 13.0 Å². The molecule has 1 amide bonds. The maximum atomic E-state index is 11.3. The second kappa shape index (κ2) is 7.91. The third-order valence-corrected chi connectivity index (χ3v) is 3.41. The molecule has 6 heteroatoms. The molecule has 0 aliphatic carbocycles. The largest absolute Gasteiger partial charge is 0.480 e. The number of nitrogens with one attached hydrogen (secondary N) is 2. The van der Waals surface area contributed by atoms with Gasteiger partial charge >= 0.3 is 5.97 Å². The molecule has 6 nitrogen and oxygen atoms in total. The first kappa shape index (κ1) is 18.1. The summed E-state index contributed by atoms with van der Waals surface area (Å²) in [7, 11) is 0. The Morgan fingerprint density at radius 1 is 1.14 bits per heavy atom. The first-order chi connectivity index (χ1) is 10.2. The minimum atomic E-state index is -0.862. The Morgan fingerprint density at radius 2 is 1.68 bits per heavy atom. The summed E-state index contributed by atoms with van der Waals surface area (Å²) in [5.74, 6) is -1.28. The van der Waals surface area contributed by atoms with Crippen LogP contribution in [0.2, 0.25) is 0 Å². The number of hydrogen-bond acceptors (Lipinski definition) is 4. The Morgan fingerprint density at radius 3 is 2.14 bits per heavy atom. The molecular formula is C16H24N2O4. The molecule has 0 saturated heterocycles. The standard InChI is InChI=1S/C16H24N2O4/c1-16(2,3)14(15(20)21)17-10-12-6-4-11(5-7-12)8-9-13(19)18-22/h4-7,14,17,22H,8-10H2,1-3H3,(H,18,19)(H,20,21)/t14-/m1/s1. The van der Waals surface area contributed by atoms with Crippen molar-refractivity contribution in [1.82, 2.24) is 10.8 Å². The first-order valence-electron chi connectivity index (χ1n) is 7.21. The minimum Gasteiger partial charge on any atom is -0.480 e. The van der Waals surface area contributed by atoms with Crippen molar-refractivity contribution in [2.45, 2.75) is 46.2 Å². The molecular weight excluding hydrogens is 284 g/mol. The van der Waals surface area contributed by atoms with E-state index in [0.717, 1.165) is 11.1 Å². The van der Waals surface area contributed by atoms with Crippen LogP contribution in [0.5, 0.6) is 0 Å². The quantitative estimate of drug-likeness (QED) is 0.454. The average molecular weight is 308 g/mol. The number of carbonyl (C=O) groups excluding carboxylic acids is 1. The predicted molar refractivity (Wildman–Crippen MR) is 82.4 cm³/mol. The van der Waals surface area contributed by atoms with Gasteiger partial charge in [-0.25, -0.2) is 5.48 Å². The maximum absolute atomic E-state index is 11.3. The fraction of sp³-hybridized carbons (Fsp3) is 0.500. The Labute approximate surface area is 130 Å².